The molecular weight excluding hydrogens is 251 g/mol. The molecule has 0 aromatic rings. The van der Waals surface area contributed by atoms with Crippen molar-refractivity contribution in [2.45, 2.75) is 0 Å². The average molecular weight is 251 g/mol. The molecule has 0 rings (SSSR count). The van der Waals surface area contributed by atoms with Gasteiger partial charge in [0.15, 0.2) is 0 Å². The molecule has 0 aromatic heterocycles. The van der Waals surface area contributed by atoms with Crippen LogP contribution in [-0.2, 0) is 37.3 Å². The summed E-state index contributed by atoms with van der Waals surface area (Å²) in [6.45, 7) is 0. The predicted molar refractivity (Wildman–Crippen MR) is 20.9 cm³/mol. The van der Waals surface area contributed by atoms with E-state index in [1.54, 1.807) is 0 Å². The third kappa shape index (κ3) is 12700. The van der Waals surface area contributed by atoms with E-state index in [1.807, 2.05) is 0 Å². The molecule has 0 spiro atoms. The van der Waals surface area contributed by atoms with Crippen LogP contribution in [0.25, 0.3) is 0 Å². The molecule has 8 nitrogen and oxygen atoms in total. The van der Waals surface area contributed by atoms with Crippen LogP contribution >= 0.6 is 0 Å². The largest absolute Gasteiger partial charge is 2.00 e. The van der Waals surface area contributed by atoms with Crippen LogP contribution < -0.4 is 0 Å². The fourth-order valence-corrected chi connectivity index (χ4v) is 0. The van der Waals surface area contributed by atoms with Crippen molar-refractivity contribution >= 4 is 20.8 Å². The van der Waals surface area contributed by atoms with E-state index < -0.39 is 20.8 Å². The van der Waals surface area contributed by atoms with Crippen molar-refractivity contribution in [1.82, 2.24) is 0 Å². The molecule has 0 aliphatic rings. The Balaban J connectivity index is -0.000000107. The van der Waals surface area contributed by atoms with Gasteiger partial charge in [-0.15, -0.1) is 0 Å². The van der Waals surface area contributed by atoms with Gasteiger partial charge in [0.2, 0.25) is 0 Å². The van der Waals surface area contributed by atoms with E-state index in [0.717, 1.165) is 0 Å². The molecule has 0 atom stereocenters. The van der Waals surface area contributed by atoms with Gasteiger partial charge in [0, 0.05) is 20.8 Å². The van der Waals surface area contributed by atoms with Gasteiger partial charge >= 0.3 is 16.5 Å². The van der Waals surface area contributed by atoms with Crippen molar-refractivity contribution < 1.29 is 51.5 Å². The van der Waals surface area contributed by atoms with Gasteiger partial charge in [0.05, 0.1) is 0 Å². The molecule has 11 heteroatoms. The van der Waals surface area contributed by atoms with E-state index in [2.05, 4.69) is 0 Å². The van der Waals surface area contributed by atoms with Gasteiger partial charge in [-0.3, -0.25) is 16.8 Å². The van der Waals surface area contributed by atoms with Gasteiger partial charge in [-0.1, -0.05) is 0 Å². The van der Waals surface area contributed by atoms with Crippen LogP contribution in [0, 0.1) is 0 Å². The van der Waals surface area contributed by atoms with Crippen LogP contribution in [0.1, 0.15) is 0 Å². The van der Waals surface area contributed by atoms with Gasteiger partial charge in [0.25, 0.3) is 0 Å². The Morgan fingerprint density at radius 2 is 0.636 bits per heavy atom. The molecule has 0 unspecified atom stereocenters. The fourth-order valence-electron chi connectivity index (χ4n) is 0. The first-order chi connectivity index (χ1) is 4.00. The van der Waals surface area contributed by atoms with E-state index in [-0.39, 0.29) is 16.5 Å². The Labute approximate surface area is 72.7 Å². The molecule has 0 heterocycles. The molecule has 0 N–H and O–H groups in total. The predicted octanol–water partition coefficient (Wildman–Crippen LogP) is -2.68. The van der Waals surface area contributed by atoms with Crippen LogP contribution in [0.3, 0.4) is 0 Å². The van der Waals surface area contributed by atoms with Crippen LogP contribution in [0.4, 0.5) is 0 Å². The molecule has 0 fully saturated rings. The molecule has 72 valence electrons. The second-order valence-electron chi connectivity index (χ2n) is 0.816. The molecule has 0 aliphatic heterocycles. The Hall–Kier alpha value is 0.234. The fraction of sp³-hybridized carbons (Fsp3) is 0. The van der Waals surface area contributed by atoms with Crippen molar-refractivity contribution in [2.75, 3.05) is 0 Å². The Morgan fingerprint density at radius 3 is 0.636 bits per heavy atom. The summed E-state index contributed by atoms with van der Waals surface area (Å²) in [4.78, 5) is 0. The molecule has 0 bridgehead atoms. The normalized spacial score (nSPS) is 10.5. The minimum atomic E-state index is -5.17. The first-order valence-corrected chi connectivity index (χ1v) is 4.00. The maximum absolute atomic E-state index is 8.52. The molecule has 0 saturated carbocycles. The number of rotatable bonds is 0. The zero-order chi connectivity index (χ0) is 9.00. The molecule has 0 saturated heterocycles. The van der Waals surface area contributed by atoms with Crippen molar-refractivity contribution in [2.24, 2.45) is 0 Å². The van der Waals surface area contributed by atoms with Gasteiger partial charge < -0.3 is 18.2 Å². The standard InChI is InChI=1S/Ni.2H2O4S/c;2*1-5(2,3)4/h;2*(H2,1,2,3,4)/q+2;;/p-4. The van der Waals surface area contributed by atoms with E-state index in [0.29, 0.717) is 0 Å². The Kier molecular flexibility index (Phi) is 9.20. The van der Waals surface area contributed by atoms with Crippen molar-refractivity contribution in [1.29, 1.82) is 0 Å². The van der Waals surface area contributed by atoms with E-state index >= 15 is 0 Å². The molecule has 11 heavy (non-hydrogen) atoms. The first kappa shape index (κ1) is 17.4. The third-order valence-corrected chi connectivity index (χ3v) is 0. The van der Waals surface area contributed by atoms with Crippen LogP contribution in [0.15, 0.2) is 0 Å². The summed E-state index contributed by atoms with van der Waals surface area (Å²) in [5.41, 5.74) is 0. The van der Waals surface area contributed by atoms with E-state index in [1.165, 1.54) is 0 Å². The quantitative estimate of drug-likeness (QED) is 0.255. The van der Waals surface area contributed by atoms with Crippen LogP contribution in [0.5, 0.6) is 0 Å². The Bertz CT molecular complexity index is 208. The van der Waals surface area contributed by atoms with Crippen molar-refractivity contribution in [3.05, 3.63) is 0 Å². The van der Waals surface area contributed by atoms with Crippen molar-refractivity contribution in [3.63, 3.8) is 0 Å². The minimum absolute atomic E-state index is 0. The summed E-state index contributed by atoms with van der Waals surface area (Å²) in [5, 5.41) is 0. The minimum Gasteiger partial charge on any atom is -0.759 e. The topological polar surface area (TPSA) is 161 Å². The molecule has 0 amide bonds. The average Bonchev–Trinajstić information content (AvgIpc) is 1.12. The summed E-state index contributed by atoms with van der Waals surface area (Å²) in [7, 11) is -10.3. The van der Waals surface area contributed by atoms with Gasteiger partial charge in [-0.2, -0.15) is 0 Å². The molecule has 0 aliphatic carbocycles. The van der Waals surface area contributed by atoms with Gasteiger partial charge in [-0.25, -0.2) is 0 Å². The maximum atomic E-state index is 8.52. The summed E-state index contributed by atoms with van der Waals surface area (Å²) in [5.74, 6) is 0. The molecule has 0 aromatic carbocycles. The smallest absolute Gasteiger partial charge is 0.759 e. The monoisotopic (exact) mass is 250 g/mol. The summed E-state index contributed by atoms with van der Waals surface area (Å²) >= 11 is 0. The molecule has 0 radical (unpaired) electrons. The van der Waals surface area contributed by atoms with E-state index in [4.69, 9.17) is 35.0 Å². The van der Waals surface area contributed by atoms with E-state index in [9.17, 15) is 0 Å². The zero-order valence-electron chi connectivity index (χ0n) is 4.40. The van der Waals surface area contributed by atoms with Crippen molar-refractivity contribution in [3.8, 4) is 0 Å². The third-order valence-electron chi connectivity index (χ3n) is 0. The second kappa shape index (κ2) is 5.83. The summed E-state index contributed by atoms with van der Waals surface area (Å²) in [6, 6.07) is 0. The second-order valence-corrected chi connectivity index (χ2v) is 2.45. The summed E-state index contributed by atoms with van der Waals surface area (Å²) < 4.78 is 68.2. The van der Waals surface area contributed by atoms with Gasteiger partial charge in [0.1, 0.15) is 0 Å². The maximum Gasteiger partial charge on any atom is 2.00 e. The summed E-state index contributed by atoms with van der Waals surface area (Å²) in [6.07, 6.45) is 0. The van der Waals surface area contributed by atoms with Crippen LogP contribution in [-0.4, -0.2) is 35.0 Å². The number of hydrogen-bond acceptors (Lipinski definition) is 8. The molecular formula is NiO8S2-2. The first-order valence-electron chi connectivity index (χ1n) is 1.33. The zero-order valence-corrected chi connectivity index (χ0v) is 7.02. The van der Waals surface area contributed by atoms with Gasteiger partial charge in [-0.05, 0) is 0 Å². The van der Waals surface area contributed by atoms with Crippen LogP contribution in [0.2, 0.25) is 0 Å². The number of hydrogen-bond donors (Lipinski definition) is 0. The SMILES string of the molecule is O=S(=O)([O-])[O-].O=S(=O)([O-])[O-].[Ni+2]. The Morgan fingerprint density at radius 1 is 0.636 bits per heavy atom.